The van der Waals surface area contributed by atoms with Crippen LogP contribution in [0.2, 0.25) is 5.02 Å². The average Bonchev–Trinajstić information content (AvgIpc) is 2.49. The van der Waals surface area contributed by atoms with Crippen molar-refractivity contribution in [2.45, 2.75) is 18.0 Å². The quantitative estimate of drug-likeness (QED) is 0.719. The fourth-order valence-corrected chi connectivity index (χ4v) is 3.84. The summed E-state index contributed by atoms with van der Waals surface area (Å²) >= 11 is 5.91. The Hall–Kier alpha value is -1.80. The molecule has 0 radical (unpaired) electrons. The lowest BCUT2D eigenvalue weighted by molar-refractivity contribution is -0.137. The molecule has 0 N–H and O–H groups in total. The number of alkyl halides is 3. The highest BCUT2D eigenvalue weighted by molar-refractivity contribution is 7.92. The van der Waals surface area contributed by atoms with Crippen LogP contribution in [-0.2, 0) is 16.2 Å². The maximum atomic E-state index is 13.0. The van der Waals surface area contributed by atoms with E-state index in [0.29, 0.717) is 6.07 Å². The van der Waals surface area contributed by atoms with Gasteiger partial charge in [0.05, 0.1) is 21.2 Å². The first-order chi connectivity index (χ1) is 11.1. The molecule has 2 aromatic carbocycles. The van der Waals surface area contributed by atoms with E-state index in [9.17, 15) is 26.0 Å². The van der Waals surface area contributed by atoms with Crippen molar-refractivity contribution < 1.29 is 26.0 Å². The lowest BCUT2D eigenvalue weighted by Crippen LogP contribution is -2.31. The van der Waals surface area contributed by atoms with Crippen molar-refractivity contribution in [3.8, 4) is 0 Å². The van der Waals surface area contributed by atoms with Crippen LogP contribution in [0, 0.1) is 5.82 Å². The zero-order chi connectivity index (χ0) is 18.1. The van der Waals surface area contributed by atoms with E-state index >= 15 is 0 Å². The number of anilines is 1. The van der Waals surface area contributed by atoms with Gasteiger partial charge in [-0.1, -0.05) is 11.6 Å². The summed E-state index contributed by atoms with van der Waals surface area (Å²) in [6.45, 7) is 1.30. The summed E-state index contributed by atoms with van der Waals surface area (Å²) in [5.41, 5.74) is -1.31. The van der Waals surface area contributed by atoms with E-state index in [2.05, 4.69) is 0 Å². The smallest absolute Gasteiger partial charge is 0.265 e. The number of nitrogens with zero attached hydrogens (tertiary/aromatic N) is 1. The van der Waals surface area contributed by atoms with Crippen LogP contribution >= 0.6 is 11.6 Å². The number of hydrogen-bond donors (Lipinski definition) is 0. The van der Waals surface area contributed by atoms with Crippen LogP contribution < -0.4 is 4.31 Å². The molecule has 0 fully saturated rings. The highest BCUT2D eigenvalue weighted by atomic mass is 35.5. The third-order valence-electron chi connectivity index (χ3n) is 3.23. The Bertz CT molecular complexity index is 836. The first kappa shape index (κ1) is 18.5. The molecule has 0 spiro atoms. The summed E-state index contributed by atoms with van der Waals surface area (Å²) in [6, 6.07) is 6.41. The van der Waals surface area contributed by atoms with Gasteiger partial charge in [-0.05, 0) is 49.4 Å². The molecule has 130 valence electrons. The van der Waals surface area contributed by atoms with Crippen LogP contribution in [0.1, 0.15) is 12.5 Å². The summed E-state index contributed by atoms with van der Waals surface area (Å²) in [5.74, 6) is -0.630. The van der Waals surface area contributed by atoms with Gasteiger partial charge in [0.2, 0.25) is 0 Å². The Balaban J connectivity index is 2.57. The highest BCUT2D eigenvalue weighted by Gasteiger charge is 2.33. The molecule has 0 heterocycles. The summed E-state index contributed by atoms with van der Waals surface area (Å²) < 4.78 is 77.7. The fraction of sp³-hybridized carbons (Fsp3) is 0.200. The van der Waals surface area contributed by atoms with Crippen LogP contribution in [0.15, 0.2) is 47.4 Å². The van der Waals surface area contributed by atoms with Crippen molar-refractivity contribution >= 4 is 27.3 Å². The first-order valence-corrected chi connectivity index (χ1v) is 8.54. The van der Waals surface area contributed by atoms with Crippen LogP contribution in [0.5, 0.6) is 0 Å². The van der Waals surface area contributed by atoms with Gasteiger partial charge in [0.1, 0.15) is 5.82 Å². The van der Waals surface area contributed by atoms with Crippen molar-refractivity contribution in [2.75, 3.05) is 10.8 Å². The van der Waals surface area contributed by atoms with E-state index in [0.717, 1.165) is 40.7 Å². The van der Waals surface area contributed by atoms with Crippen molar-refractivity contribution in [1.82, 2.24) is 0 Å². The standard InChI is InChI=1S/C15H12ClF4NO2S/c1-2-21(24(22,23)12-6-4-11(17)5-7-12)14-9-10(15(18,19)20)3-8-13(14)16/h3-9H,2H2,1H3. The maximum Gasteiger partial charge on any atom is 0.416 e. The molecule has 0 saturated carbocycles. The average molecular weight is 382 g/mol. The molecule has 0 saturated heterocycles. The van der Waals surface area contributed by atoms with Crippen molar-refractivity contribution in [2.24, 2.45) is 0 Å². The Labute approximate surface area is 141 Å². The zero-order valence-corrected chi connectivity index (χ0v) is 13.9. The Morgan fingerprint density at radius 3 is 2.17 bits per heavy atom. The molecule has 2 rings (SSSR count). The largest absolute Gasteiger partial charge is 0.416 e. The minimum atomic E-state index is -4.64. The molecule has 0 aliphatic heterocycles. The van der Waals surface area contributed by atoms with E-state index in [1.54, 1.807) is 0 Å². The molecule has 0 aliphatic carbocycles. The van der Waals surface area contributed by atoms with E-state index in [1.165, 1.54) is 6.92 Å². The summed E-state index contributed by atoms with van der Waals surface area (Å²) in [4.78, 5) is -0.251. The highest BCUT2D eigenvalue weighted by Crippen LogP contribution is 2.37. The van der Waals surface area contributed by atoms with Crippen LogP contribution in [0.3, 0.4) is 0 Å². The summed E-state index contributed by atoms with van der Waals surface area (Å²) in [6.07, 6.45) is -4.64. The number of hydrogen-bond acceptors (Lipinski definition) is 2. The molecule has 0 aliphatic rings. The minimum Gasteiger partial charge on any atom is -0.265 e. The van der Waals surface area contributed by atoms with Gasteiger partial charge >= 0.3 is 6.18 Å². The Morgan fingerprint density at radius 2 is 1.67 bits per heavy atom. The zero-order valence-electron chi connectivity index (χ0n) is 12.3. The third-order valence-corrected chi connectivity index (χ3v) is 5.45. The molecular formula is C15H12ClF4NO2S. The van der Waals surface area contributed by atoms with Gasteiger partial charge in [0.15, 0.2) is 0 Å². The number of sulfonamides is 1. The lowest BCUT2D eigenvalue weighted by Gasteiger charge is -2.24. The SMILES string of the molecule is CCN(c1cc(C(F)(F)F)ccc1Cl)S(=O)(=O)c1ccc(F)cc1. The second-order valence-corrected chi connectivity index (χ2v) is 7.06. The summed E-state index contributed by atoms with van der Waals surface area (Å²) in [7, 11) is -4.19. The first-order valence-electron chi connectivity index (χ1n) is 6.72. The normalized spacial score (nSPS) is 12.2. The number of rotatable bonds is 4. The van der Waals surface area contributed by atoms with E-state index in [4.69, 9.17) is 11.6 Å². The molecule has 0 unspecified atom stereocenters. The van der Waals surface area contributed by atoms with Gasteiger partial charge in [0, 0.05) is 6.54 Å². The molecular weight excluding hydrogens is 370 g/mol. The molecule has 2 aromatic rings. The van der Waals surface area contributed by atoms with E-state index in [-0.39, 0.29) is 22.2 Å². The van der Waals surface area contributed by atoms with Crippen molar-refractivity contribution in [3.63, 3.8) is 0 Å². The van der Waals surface area contributed by atoms with Gasteiger partial charge in [-0.15, -0.1) is 0 Å². The van der Waals surface area contributed by atoms with Crippen molar-refractivity contribution in [3.05, 3.63) is 58.9 Å². The Kier molecular flexibility index (Phi) is 5.10. The van der Waals surface area contributed by atoms with E-state index < -0.39 is 27.6 Å². The van der Waals surface area contributed by atoms with Crippen LogP contribution in [0.4, 0.5) is 23.2 Å². The van der Waals surface area contributed by atoms with Crippen LogP contribution in [-0.4, -0.2) is 15.0 Å². The number of benzene rings is 2. The topological polar surface area (TPSA) is 37.4 Å². The molecule has 3 nitrogen and oxygen atoms in total. The number of halogens is 5. The third kappa shape index (κ3) is 3.64. The fourth-order valence-electron chi connectivity index (χ4n) is 2.08. The molecule has 0 amide bonds. The van der Waals surface area contributed by atoms with E-state index in [1.807, 2.05) is 0 Å². The van der Waals surface area contributed by atoms with Gasteiger partial charge < -0.3 is 0 Å². The molecule has 0 bridgehead atoms. The van der Waals surface area contributed by atoms with Gasteiger partial charge in [-0.3, -0.25) is 4.31 Å². The van der Waals surface area contributed by atoms with Gasteiger partial charge in [-0.25, -0.2) is 12.8 Å². The minimum absolute atomic E-state index is 0.143. The maximum absolute atomic E-state index is 13.0. The van der Waals surface area contributed by atoms with Crippen LogP contribution in [0.25, 0.3) is 0 Å². The molecule has 9 heteroatoms. The van der Waals surface area contributed by atoms with Crippen molar-refractivity contribution in [1.29, 1.82) is 0 Å². The van der Waals surface area contributed by atoms with Gasteiger partial charge in [-0.2, -0.15) is 13.2 Å². The predicted molar refractivity (Wildman–Crippen MR) is 83.1 cm³/mol. The lowest BCUT2D eigenvalue weighted by atomic mass is 10.2. The second kappa shape index (κ2) is 6.60. The molecule has 0 atom stereocenters. The Morgan fingerprint density at radius 1 is 1.08 bits per heavy atom. The van der Waals surface area contributed by atoms with Gasteiger partial charge in [0.25, 0.3) is 10.0 Å². The molecule has 24 heavy (non-hydrogen) atoms. The summed E-state index contributed by atoms with van der Waals surface area (Å²) in [5, 5.41) is -0.143. The predicted octanol–water partition coefficient (Wildman–Crippen LogP) is 4.71. The molecule has 0 aromatic heterocycles. The monoisotopic (exact) mass is 381 g/mol. The second-order valence-electron chi connectivity index (χ2n) is 4.79.